The zero-order valence-electron chi connectivity index (χ0n) is 19.1. The van der Waals surface area contributed by atoms with E-state index in [0.29, 0.717) is 29.5 Å². The van der Waals surface area contributed by atoms with E-state index >= 15 is 0 Å². The van der Waals surface area contributed by atoms with Gasteiger partial charge < -0.3 is 23.9 Å². The number of methoxy groups -OCH3 is 2. The lowest BCUT2D eigenvalue weighted by Gasteiger charge is -2.25. The lowest BCUT2D eigenvalue weighted by atomic mass is 9.98. The number of hydrogen-bond donors (Lipinski definition) is 1. The second kappa shape index (κ2) is 9.44. The first-order valence-electron chi connectivity index (χ1n) is 11.0. The maximum absolute atomic E-state index is 11.5. The van der Waals surface area contributed by atoms with Gasteiger partial charge in [-0.1, -0.05) is 28.9 Å². The van der Waals surface area contributed by atoms with Crippen molar-refractivity contribution >= 4 is 17.6 Å². The van der Waals surface area contributed by atoms with E-state index in [1.807, 2.05) is 54.7 Å². The van der Waals surface area contributed by atoms with Crippen molar-refractivity contribution in [2.75, 3.05) is 14.2 Å². The van der Waals surface area contributed by atoms with E-state index in [-0.39, 0.29) is 5.69 Å². The van der Waals surface area contributed by atoms with E-state index < -0.39 is 18.2 Å². The van der Waals surface area contributed by atoms with Crippen LogP contribution in [-0.2, 0) is 11.3 Å². The monoisotopic (exact) mass is 494 g/mol. The van der Waals surface area contributed by atoms with Gasteiger partial charge in [-0.15, -0.1) is 5.10 Å². The molecular formula is C25H23ClN4O5. The molecule has 2 aromatic carbocycles. The highest BCUT2D eigenvalue weighted by Gasteiger charge is 2.33. The summed E-state index contributed by atoms with van der Waals surface area (Å²) in [6, 6.07) is 15.3. The van der Waals surface area contributed by atoms with Gasteiger partial charge in [0.25, 0.3) is 0 Å². The van der Waals surface area contributed by atoms with Crippen LogP contribution < -0.4 is 9.47 Å². The third kappa shape index (κ3) is 4.13. The molecule has 0 unspecified atom stereocenters. The average Bonchev–Trinajstić information content (AvgIpc) is 3.51. The number of carboxylic acids is 1. The number of ether oxygens (including phenoxy) is 3. The molecule has 2 atom stereocenters. The number of aryl methyl sites for hydroxylation is 1. The molecule has 0 radical (unpaired) electrons. The summed E-state index contributed by atoms with van der Waals surface area (Å²) in [4.78, 5) is 11.5. The van der Waals surface area contributed by atoms with E-state index in [1.54, 1.807) is 14.2 Å². The van der Waals surface area contributed by atoms with Crippen LogP contribution in [0.5, 0.6) is 11.5 Å². The molecule has 1 aliphatic heterocycles. The molecule has 1 aliphatic rings. The molecule has 9 nitrogen and oxygen atoms in total. The van der Waals surface area contributed by atoms with Crippen molar-refractivity contribution in [3.05, 3.63) is 88.5 Å². The molecule has 0 saturated carbocycles. The van der Waals surface area contributed by atoms with Gasteiger partial charge in [-0.05, 0) is 42.8 Å². The number of aromatic carboxylic acids is 1. The quantitative estimate of drug-likeness (QED) is 0.397. The van der Waals surface area contributed by atoms with Crippen LogP contribution in [0.25, 0.3) is 5.69 Å². The summed E-state index contributed by atoms with van der Waals surface area (Å²) in [6.45, 7) is 0.302. The highest BCUT2D eigenvalue weighted by Crippen LogP contribution is 2.46. The van der Waals surface area contributed by atoms with Crippen molar-refractivity contribution in [1.82, 2.24) is 19.6 Å². The van der Waals surface area contributed by atoms with Gasteiger partial charge >= 0.3 is 5.97 Å². The Morgan fingerprint density at radius 1 is 1.14 bits per heavy atom. The van der Waals surface area contributed by atoms with Crippen LogP contribution in [0, 0.1) is 0 Å². The molecule has 1 N–H and O–H groups in total. The zero-order chi connectivity index (χ0) is 24.5. The topological polar surface area (TPSA) is 101 Å². The summed E-state index contributed by atoms with van der Waals surface area (Å²) < 4.78 is 21.5. The minimum absolute atomic E-state index is 0.0232. The Balaban J connectivity index is 1.61. The van der Waals surface area contributed by atoms with Crippen molar-refractivity contribution in [3.63, 3.8) is 0 Å². The second-order valence-electron chi connectivity index (χ2n) is 8.03. The Morgan fingerprint density at radius 2 is 2.00 bits per heavy atom. The smallest absolute Gasteiger partial charge is 0.355 e. The highest BCUT2D eigenvalue weighted by molar-refractivity contribution is 6.30. The predicted octanol–water partition coefficient (Wildman–Crippen LogP) is 4.69. The lowest BCUT2D eigenvalue weighted by Crippen LogP contribution is -2.16. The largest absolute Gasteiger partial charge is 0.493 e. The zero-order valence-corrected chi connectivity index (χ0v) is 19.8. The van der Waals surface area contributed by atoms with E-state index in [9.17, 15) is 9.90 Å². The molecule has 0 fully saturated rings. The van der Waals surface area contributed by atoms with E-state index in [0.717, 1.165) is 22.5 Å². The summed E-state index contributed by atoms with van der Waals surface area (Å²) >= 11 is 6.43. The normalized spacial score (nSPS) is 16.8. The van der Waals surface area contributed by atoms with Crippen LogP contribution in [0.3, 0.4) is 0 Å². The highest BCUT2D eigenvalue weighted by atomic mass is 35.5. The maximum Gasteiger partial charge on any atom is 0.355 e. The van der Waals surface area contributed by atoms with Gasteiger partial charge in [-0.25, -0.2) is 9.48 Å². The fraction of sp³-hybridized carbons (Fsp3) is 0.240. The van der Waals surface area contributed by atoms with E-state index in [4.69, 9.17) is 25.8 Å². The van der Waals surface area contributed by atoms with Crippen LogP contribution in [-0.4, -0.2) is 44.9 Å². The molecule has 35 heavy (non-hydrogen) atoms. The first kappa shape index (κ1) is 22.9. The first-order valence-corrected chi connectivity index (χ1v) is 11.3. The Kier molecular flexibility index (Phi) is 6.19. The Morgan fingerprint density at radius 3 is 2.77 bits per heavy atom. The van der Waals surface area contributed by atoms with Gasteiger partial charge in [-0.2, -0.15) is 0 Å². The number of hydrogen-bond acceptors (Lipinski definition) is 6. The van der Waals surface area contributed by atoms with Gasteiger partial charge in [-0.3, -0.25) is 0 Å². The average molecular weight is 495 g/mol. The molecule has 0 aliphatic carbocycles. The molecular weight excluding hydrogens is 472 g/mol. The van der Waals surface area contributed by atoms with Gasteiger partial charge in [0.15, 0.2) is 17.2 Å². The summed E-state index contributed by atoms with van der Waals surface area (Å²) in [5.41, 5.74) is 3.54. The van der Waals surface area contributed by atoms with Crippen LogP contribution in [0.1, 0.15) is 45.9 Å². The van der Waals surface area contributed by atoms with Crippen LogP contribution in [0.15, 0.2) is 60.9 Å². The van der Waals surface area contributed by atoms with Crippen molar-refractivity contribution in [2.45, 2.75) is 25.2 Å². The second-order valence-corrected chi connectivity index (χ2v) is 8.47. The Bertz CT molecular complexity index is 1380. The van der Waals surface area contributed by atoms with Gasteiger partial charge in [0.1, 0.15) is 12.2 Å². The summed E-state index contributed by atoms with van der Waals surface area (Å²) in [5, 5.41) is 17.7. The molecule has 0 spiro atoms. The number of rotatable bonds is 7. The molecule has 0 bridgehead atoms. The predicted molar refractivity (Wildman–Crippen MR) is 128 cm³/mol. The van der Waals surface area contributed by atoms with Crippen molar-refractivity contribution in [1.29, 1.82) is 0 Å². The molecule has 180 valence electrons. The standard InChI is InChI=1S/C25H23ClN4O5/c1-33-22-7-3-5-16(24(22)34-2)23-17-13-15(26)8-9-18(17)29-11-4-6-19(29)21(35-23)10-12-30-20(25(31)32)14-27-28-30/h3-9,11,13-14,21,23H,10,12H2,1-2H3,(H,31,32)/t21-,23-/m1/s1. The molecule has 5 rings (SSSR count). The molecule has 2 aromatic heterocycles. The molecule has 3 heterocycles. The van der Waals surface area contributed by atoms with E-state index in [1.165, 1.54) is 10.9 Å². The first-order chi connectivity index (χ1) is 17.0. The number of benzene rings is 2. The number of carbonyl (C=O) groups is 1. The van der Waals surface area contributed by atoms with Gasteiger partial charge in [0, 0.05) is 28.9 Å². The van der Waals surface area contributed by atoms with Crippen molar-refractivity contribution in [3.8, 4) is 17.2 Å². The summed E-state index contributed by atoms with van der Waals surface area (Å²) in [5.74, 6) is 0.0770. The SMILES string of the molecule is COc1cccc([C@H]2O[C@H](CCn3nncc3C(=O)O)c3cccn3-c3ccc(Cl)cc32)c1OC. The molecule has 0 saturated heterocycles. The third-order valence-corrected chi connectivity index (χ3v) is 6.33. The number of carboxylic acid groups (broad SMARTS) is 1. The fourth-order valence-corrected chi connectivity index (χ4v) is 4.72. The number of nitrogens with zero attached hydrogens (tertiary/aromatic N) is 4. The maximum atomic E-state index is 11.5. The van der Waals surface area contributed by atoms with Crippen molar-refractivity contribution in [2.24, 2.45) is 0 Å². The molecule has 0 amide bonds. The Hall–Kier alpha value is -3.82. The van der Waals surface area contributed by atoms with Crippen LogP contribution in [0.4, 0.5) is 0 Å². The lowest BCUT2D eigenvalue weighted by molar-refractivity contribution is -0.00194. The summed E-state index contributed by atoms with van der Waals surface area (Å²) in [6.07, 6.45) is 2.73. The summed E-state index contributed by atoms with van der Waals surface area (Å²) in [7, 11) is 3.18. The molecule has 4 aromatic rings. The number of para-hydroxylation sites is 1. The fourth-order valence-electron chi connectivity index (χ4n) is 4.54. The van der Waals surface area contributed by atoms with Crippen LogP contribution in [0.2, 0.25) is 5.02 Å². The number of halogens is 1. The number of aromatic nitrogens is 4. The third-order valence-electron chi connectivity index (χ3n) is 6.10. The van der Waals surface area contributed by atoms with Gasteiger partial charge in [0.05, 0.1) is 31.8 Å². The number of fused-ring (bicyclic) bond motifs is 3. The van der Waals surface area contributed by atoms with Gasteiger partial charge in [0.2, 0.25) is 0 Å². The minimum atomic E-state index is -1.08. The Labute approximate surface area is 206 Å². The van der Waals surface area contributed by atoms with Crippen LogP contribution >= 0.6 is 11.6 Å². The molecule has 10 heteroatoms. The minimum Gasteiger partial charge on any atom is -0.493 e. The van der Waals surface area contributed by atoms with Crippen molar-refractivity contribution < 1.29 is 24.1 Å². The van der Waals surface area contributed by atoms with E-state index in [2.05, 4.69) is 14.9 Å².